The van der Waals surface area contributed by atoms with Gasteiger partial charge in [0.2, 0.25) is 0 Å². The fourth-order valence-corrected chi connectivity index (χ4v) is 13.0. The van der Waals surface area contributed by atoms with Crippen LogP contribution in [0.5, 0.6) is 0 Å². The fourth-order valence-electron chi connectivity index (χ4n) is 2.82. The summed E-state index contributed by atoms with van der Waals surface area (Å²) >= 11 is 8.11. The average molecular weight is 373 g/mol. The van der Waals surface area contributed by atoms with Gasteiger partial charge in [-0.2, -0.15) is 5.10 Å². The molecule has 0 aliphatic carbocycles. The van der Waals surface area contributed by atoms with Crippen molar-refractivity contribution in [1.82, 2.24) is 4.34 Å². The summed E-state index contributed by atoms with van der Waals surface area (Å²) in [6, 6.07) is 4.41. The second-order valence-electron chi connectivity index (χ2n) is 7.84. The first-order valence-corrected chi connectivity index (χ1v) is 15.7. The summed E-state index contributed by atoms with van der Waals surface area (Å²) in [5.74, 6) is 0. The van der Waals surface area contributed by atoms with Gasteiger partial charge in [-0.25, -0.2) is 0 Å². The molecule has 0 heterocycles. The molecule has 0 unspecified atom stereocenters. The monoisotopic (exact) mass is 372 g/mol. The van der Waals surface area contributed by atoms with Gasteiger partial charge in [-0.15, -0.1) is 0 Å². The van der Waals surface area contributed by atoms with Crippen LogP contribution in [0.15, 0.2) is 22.1 Å². The summed E-state index contributed by atoms with van der Waals surface area (Å²) in [4.78, 5) is 1.23. The van der Waals surface area contributed by atoms with E-state index in [1.165, 1.54) is 21.6 Å². The van der Waals surface area contributed by atoms with Crippen molar-refractivity contribution < 1.29 is 0 Å². The Balaban J connectivity index is 3.13. The number of thioether (sulfide) groups is 1. The van der Waals surface area contributed by atoms with Gasteiger partial charge in [0, 0.05) is 4.90 Å². The molecule has 6 heteroatoms. The van der Waals surface area contributed by atoms with Crippen LogP contribution in [0.4, 0.5) is 0 Å². The van der Waals surface area contributed by atoms with Crippen molar-refractivity contribution in [2.75, 3.05) is 0 Å². The minimum Gasteiger partial charge on any atom is -0.348 e. The zero-order valence-electron chi connectivity index (χ0n) is 15.3. The quantitative estimate of drug-likeness (QED) is 0.206. The first-order valence-electron chi connectivity index (χ1n) is 7.62. The Hall–Kier alpha value is -0.236. The highest BCUT2D eigenvalue weighted by atomic mass is 35.5. The zero-order chi connectivity index (χ0) is 17.3. The van der Waals surface area contributed by atoms with Crippen molar-refractivity contribution in [2.45, 2.75) is 64.9 Å². The number of rotatable bonds is 4. The van der Waals surface area contributed by atoms with Gasteiger partial charge in [-0.05, 0) is 31.9 Å². The predicted molar refractivity (Wildman–Crippen MR) is 108 cm³/mol. The van der Waals surface area contributed by atoms with Crippen molar-refractivity contribution in [2.24, 2.45) is 5.10 Å². The van der Waals surface area contributed by atoms with Crippen LogP contribution >= 0.6 is 23.4 Å². The van der Waals surface area contributed by atoms with Crippen LogP contribution in [0, 0.1) is 20.8 Å². The van der Waals surface area contributed by atoms with Crippen molar-refractivity contribution >= 4 is 44.3 Å². The Kier molecular flexibility index (Phi) is 6.41. The Morgan fingerprint density at radius 1 is 0.955 bits per heavy atom. The molecule has 0 N–H and O–H groups in total. The summed E-state index contributed by atoms with van der Waals surface area (Å²) in [6.07, 6.45) is 0. The van der Waals surface area contributed by atoms with Crippen molar-refractivity contribution in [3.63, 3.8) is 0 Å². The molecular weight excluding hydrogens is 344 g/mol. The number of nitrogens with zero attached hydrogens (tertiary/aromatic N) is 2. The molecule has 22 heavy (non-hydrogen) atoms. The molecule has 0 atom stereocenters. The van der Waals surface area contributed by atoms with Gasteiger partial charge in [-0.1, -0.05) is 80.3 Å². The normalized spacial score (nSPS) is 13.5. The van der Waals surface area contributed by atoms with E-state index in [4.69, 9.17) is 16.7 Å². The average Bonchev–Trinajstić information content (AvgIpc) is 2.27. The molecule has 1 aromatic rings. The molecule has 1 rings (SSSR count). The van der Waals surface area contributed by atoms with Crippen LogP contribution in [0.1, 0.15) is 16.7 Å². The van der Waals surface area contributed by atoms with E-state index in [0.29, 0.717) is 4.50 Å². The van der Waals surface area contributed by atoms with Crippen LogP contribution in [-0.2, 0) is 0 Å². The van der Waals surface area contributed by atoms with E-state index in [9.17, 15) is 0 Å². The summed E-state index contributed by atoms with van der Waals surface area (Å²) in [5, 5.41) is 4.82. The molecule has 0 amide bonds. The first-order chi connectivity index (χ1) is 9.82. The Labute approximate surface area is 147 Å². The molecule has 0 bridgehead atoms. The van der Waals surface area contributed by atoms with Gasteiger partial charge in [0.15, 0.2) is 21.0 Å². The van der Waals surface area contributed by atoms with Crippen LogP contribution in [0.3, 0.4) is 0 Å². The largest absolute Gasteiger partial charge is 0.348 e. The third kappa shape index (κ3) is 5.44. The van der Waals surface area contributed by atoms with Crippen LogP contribution in [0.25, 0.3) is 0 Å². The second-order valence-corrected chi connectivity index (χ2v) is 19.4. The van der Waals surface area contributed by atoms with E-state index in [1.54, 1.807) is 11.8 Å². The molecule has 1 aromatic carbocycles. The maximum absolute atomic E-state index is 6.52. The maximum Gasteiger partial charge on any atom is 0.185 e. The molecule has 0 saturated carbocycles. The van der Waals surface area contributed by atoms with Crippen molar-refractivity contribution in [3.8, 4) is 0 Å². The van der Waals surface area contributed by atoms with Gasteiger partial charge < -0.3 is 4.34 Å². The highest BCUT2D eigenvalue weighted by Gasteiger charge is 2.34. The number of hydrogen-bond acceptors (Lipinski definition) is 3. The van der Waals surface area contributed by atoms with Crippen LogP contribution < -0.4 is 0 Å². The lowest BCUT2D eigenvalue weighted by Gasteiger charge is -2.41. The zero-order valence-corrected chi connectivity index (χ0v) is 18.9. The number of hydrogen-bond donors (Lipinski definition) is 0. The Morgan fingerprint density at radius 3 is 1.73 bits per heavy atom. The van der Waals surface area contributed by atoms with Crippen molar-refractivity contribution in [1.29, 1.82) is 0 Å². The summed E-state index contributed by atoms with van der Waals surface area (Å²) in [5.41, 5.74) is 3.82. The minimum atomic E-state index is -1.53. The van der Waals surface area contributed by atoms with E-state index in [0.717, 1.165) is 0 Å². The molecule has 0 aliphatic heterocycles. The maximum atomic E-state index is 6.52. The lowest BCUT2D eigenvalue weighted by atomic mass is 10.1. The summed E-state index contributed by atoms with van der Waals surface area (Å²) in [6.45, 7) is 20.4. The molecule has 0 saturated heterocycles. The topological polar surface area (TPSA) is 15.6 Å². The molecular formula is C16H29ClN2SSi2. The van der Waals surface area contributed by atoms with Gasteiger partial charge in [0.05, 0.1) is 0 Å². The van der Waals surface area contributed by atoms with E-state index < -0.39 is 16.5 Å². The summed E-state index contributed by atoms with van der Waals surface area (Å²) < 4.78 is 2.98. The number of hydrazone groups is 1. The molecule has 124 valence electrons. The molecule has 0 aromatic heterocycles. The van der Waals surface area contributed by atoms with E-state index in [-0.39, 0.29) is 0 Å². The minimum absolute atomic E-state index is 0.625. The van der Waals surface area contributed by atoms with Crippen LogP contribution in [-0.4, -0.2) is 25.3 Å². The molecule has 2 nitrogen and oxygen atoms in total. The highest BCUT2D eigenvalue weighted by Crippen LogP contribution is 2.31. The smallest absolute Gasteiger partial charge is 0.185 e. The summed E-state index contributed by atoms with van der Waals surface area (Å²) in [7, 11) is -3.06. The Bertz CT molecular complexity index is 537. The van der Waals surface area contributed by atoms with Gasteiger partial charge >= 0.3 is 0 Å². The number of halogens is 1. The SMILES string of the molecule is Cc1cc(C)c(S/C(Cl)=N/N([Si](C)(C)C)[Si](C)(C)C)c(C)c1. The lowest BCUT2D eigenvalue weighted by Crippen LogP contribution is -2.56. The lowest BCUT2D eigenvalue weighted by molar-refractivity contribution is 0.672. The van der Waals surface area contributed by atoms with E-state index in [1.807, 2.05) is 0 Å². The highest BCUT2D eigenvalue weighted by molar-refractivity contribution is 8.16. The molecule has 0 radical (unpaired) electrons. The van der Waals surface area contributed by atoms with Gasteiger partial charge in [-0.3, -0.25) is 0 Å². The van der Waals surface area contributed by atoms with Crippen molar-refractivity contribution in [3.05, 3.63) is 28.8 Å². The standard InChI is InChI=1S/C16H29ClN2SSi2/c1-12-10-13(2)15(14(3)11-12)20-16(17)18-19(21(4,5)6)22(7,8)9/h10-11H,1-9H3/b18-16+. The number of benzene rings is 1. The van der Waals surface area contributed by atoms with E-state index >= 15 is 0 Å². The Morgan fingerprint density at radius 2 is 1.36 bits per heavy atom. The number of aryl methyl sites for hydroxylation is 3. The third-order valence-corrected chi connectivity index (χ3v) is 11.4. The third-order valence-electron chi connectivity index (χ3n) is 3.24. The second kappa shape index (κ2) is 7.11. The van der Waals surface area contributed by atoms with Gasteiger partial charge in [0.25, 0.3) is 0 Å². The molecule has 0 aliphatic rings. The molecule has 0 spiro atoms. The molecule has 0 fully saturated rings. The first kappa shape index (κ1) is 19.8. The fraction of sp³-hybridized carbons (Fsp3) is 0.562. The predicted octanol–water partition coefficient (Wildman–Crippen LogP) is 6.19. The van der Waals surface area contributed by atoms with Crippen LogP contribution in [0.2, 0.25) is 39.3 Å². The van der Waals surface area contributed by atoms with E-state index in [2.05, 4.69) is 76.5 Å². The van der Waals surface area contributed by atoms with Gasteiger partial charge in [0.1, 0.15) is 0 Å².